The van der Waals surface area contributed by atoms with E-state index in [1.165, 1.54) is 5.56 Å². The highest BCUT2D eigenvalue weighted by molar-refractivity contribution is 9.10. The van der Waals surface area contributed by atoms with E-state index in [-0.39, 0.29) is 6.04 Å². The molecule has 0 saturated carbocycles. The predicted octanol–water partition coefficient (Wildman–Crippen LogP) is 3.86. The Morgan fingerprint density at radius 2 is 2.33 bits per heavy atom. The molecule has 1 fully saturated rings. The SMILES string of the molecule is CNC(CCN1CCCOC(C)C1)c1ccc(Br)cc1Cl. The molecule has 2 rings (SSSR count). The minimum Gasteiger partial charge on any atom is -0.377 e. The van der Waals surface area contributed by atoms with Crippen LogP contribution in [0.1, 0.15) is 31.4 Å². The molecule has 0 bridgehead atoms. The number of hydrogen-bond acceptors (Lipinski definition) is 3. The number of halogens is 2. The Hall–Kier alpha value is -0.130. The first-order valence-corrected chi connectivity index (χ1v) is 8.73. The molecule has 0 radical (unpaired) electrons. The van der Waals surface area contributed by atoms with Crippen LogP contribution >= 0.6 is 27.5 Å². The van der Waals surface area contributed by atoms with Gasteiger partial charge in [0.05, 0.1) is 6.10 Å². The Labute approximate surface area is 141 Å². The number of hydrogen-bond donors (Lipinski definition) is 1. The summed E-state index contributed by atoms with van der Waals surface area (Å²) in [5, 5.41) is 4.20. The molecule has 1 aromatic carbocycles. The predicted molar refractivity (Wildman–Crippen MR) is 92.0 cm³/mol. The van der Waals surface area contributed by atoms with Crippen LogP contribution in [0.4, 0.5) is 0 Å². The zero-order valence-electron chi connectivity index (χ0n) is 12.7. The fourth-order valence-electron chi connectivity index (χ4n) is 2.83. The van der Waals surface area contributed by atoms with E-state index in [0.717, 1.165) is 48.6 Å². The smallest absolute Gasteiger partial charge is 0.0673 e. The van der Waals surface area contributed by atoms with Crippen LogP contribution in [-0.4, -0.2) is 44.3 Å². The second-order valence-corrected chi connectivity index (χ2v) is 6.95. The van der Waals surface area contributed by atoms with Gasteiger partial charge in [0.25, 0.3) is 0 Å². The van der Waals surface area contributed by atoms with E-state index >= 15 is 0 Å². The maximum Gasteiger partial charge on any atom is 0.0673 e. The van der Waals surface area contributed by atoms with E-state index in [1.807, 2.05) is 19.2 Å². The Kier molecular flexibility index (Phi) is 6.96. The minimum absolute atomic E-state index is 0.282. The zero-order valence-corrected chi connectivity index (χ0v) is 15.1. The van der Waals surface area contributed by atoms with Crippen molar-refractivity contribution in [2.45, 2.75) is 31.9 Å². The largest absolute Gasteiger partial charge is 0.377 e. The van der Waals surface area contributed by atoms with E-state index in [0.29, 0.717) is 6.10 Å². The van der Waals surface area contributed by atoms with Crippen LogP contribution < -0.4 is 5.32 Å². The number of ether oxygens (including phenoxy) is 1. The van der Waals surface area contributed by atoms with E-state index in [4.69, 9.17) is 16.3 Å². The zero-order chi connectivity index (χ0) is 15.2. The lowest BCUT2D eigenvalue weighted by Gasteiger charge is -2.25. The molecule has 2 unspecified atom stereocenters. The van der Waals surface area contributed by atoms with Gasteiger partial charge in [0, 0.05) is 41.8 Å². The highest BCUT2D eigenvalue weighted by Gasteiger charge is 2.18. The molecular weight excluding hydrogens is 352 g/mol. The standard InChI is InChI=1S/C16H24BrClN2O/c1-12-11-20(7-3-9-21-12)8-6-16(19-2)14-5-4-13(17)10-15(14)18/h4-5,10,12,16,19H,3,6-9,11H2,1-2H3. The van der Waals surface area contributed by atoms with Crippen LogP contribution in [0.5, 0.6) is 0 Å². The highest BCUT2D eigenvalue weighted by atomic mass is 79.9. The first-order chi connectivity index (χ1) is 10.1. The molecular formula is C16H24BrClN2O. The highest BCUT2D eigenvalue weighted by Crippen LogP contribution is 2.28. The van der Waals surface area contributed by atoms with Crippen molar-refractivity contribution in [1.29, 1.82) is 0 Å². The Balaban J connectivity index is 1.95. The molecule has 1 saturated heterocycles. The third-order valence-corrected chi connectivity index (χ3v) is 4.78. The van der Waals surface area contributed by atoms with Gasteiger partial charge in [0.2, 0.25) is 0 Å². The van der Waals surface area contributed by atoms with Crippen molar-refractivity contribution in [2.24, 2.45) is 0 Å². The summed E-state index contributed by atoms with van der Waals surface area (Å²) >= 11 is 9.83. The molecule has 2 atom stereocenters. The first-order valence-electron chi connectivity index (χ1n) is 7.56. The van der Waals surface area contributed by atoms with E-state index in [1.54, 1.807) is 0 Å². The van der Waals surface area contributed by atoms with Gasteiger partial charge in [-0.15, -0.1) is 0 Å². The maximum atomic E-state index is 6.37. The molecule has 1 aliphatic rings. The lowest BCUT2D eigenvalue weighted by molar-refractivity contribution is 0.0672. The molecule has 0 aromatic heterocycles. The molecule has 0 spiro atoms. The van der Waals surface area contributed by atoms with Crippen molar-refractivity contribution >= 4 is 27.5 Å². The van der Waals surface area contributed by atoms with Crippen LogP contribution in [-0.2, 0) is 4.74 Å². The van der Waals surface area contributed by atoms with Crippen LogP contribution in [0.15, 0.2) is 22.7 Å². The van der Waals surface area contributed by atoms with Crippen molar-refractivity contribution in [3.63, 3.8) is 0 Å². The Morgan fingerprint density at radius 1 is 1.52 bits per heavy atom. The van der Waals surface area contributed by atoms with Gasteiger partial charge in [-0.25, -0.2) is 0 Å². The number of nitrogens with zero attached hydrogens (tertiary/aromatic N) is 1. The normalized spacial score (nSPS) is 22.0. The van der Waals surface area contributed by atoms with Gasteiger partial charge in [-0.05, 0) is 44.5 Å². The summed E-state index contributed by atoms with van der Waals surface area (Å²) in [5.41, 5.74) is 1.17. The van der Waals surface area contributed by atoms with Crippen molar-refractivity contribution < 1.29 is 4.74 Å². The second-order valence-electron chi connectivity index (χ2n) is 5.63. The van der Waals surface area contributed by atoms with Gasteiger partial charge in [0.1, 0.15) is 0 Å². The van der Waals surface area contributed by atoms with Crippen LogP contribution in [0, 0.1) is 0 Å². The molecule has 1 heterocycles. The van der Waals surface area contributed by atoms with Gasteiger partial charge in [-0.1, -0.05) is 33.6 Å². The molecule has 5 heteroatoms. The Morgan fingerprint density at radius 3 is 3.05 bits per heavy atom. The maximum absolute atomic E-state index is 6.37. The fraction of sp³-hybridized carbons (Fsp3) is 0.625. The van der Waals surface area contributed by atoms with Crippen LogP contribution in [0.25, 0.3) is 0 Å². The number of nitrogens with one attached hydrogen (secondary N) is 1. The van der Waals surface area contributed by atoms with Crippen molar-refractivity contribution in [3.05, 3.63) is 33.3 Å². The average molecular weight is 376 g/mol. The topological polar surface area (TPSA) is 24.5 Å². The summed E-state index contributed by atoms with van der Waals surface area (Å²) in [7, 11) is 2.00. The van der Waals surface area contributed by atoms with Crippen molar-refractivity contribution in [2.75, 3.05) is 33.3 Å². The summed E-state index contributed by atoms with van der Waals surface area (Å²) in [6.45, 7) is 6.23. The second kappa shape index (κ2) is 8.49. The lowest BCUT2D eigenvalue weighted by Crippen LogP contribution is -2.33. The van der Waals surface area contributed by atoms with Crippen LogP contribution in [0.2, 0.25) is 5.02 Å². The summed E-state index contributed by atoms with van der Waals surface area (Å²) in [6, 6.07) is 6.39. The van der Waals surface area contributed by atoms with Crippen molar-refractivity contribution in [3.8, 4) is 0 Å². The van der Waals surface area contributed by atoms with Crippen LogP contribution in [0.3, 0.4) is 0 Å². The fourth-order valence-corrected chi connectivity index (χ4v) is 3.64. The third kappa shape index (κ3) is 5.22. The lowest BCUT2D eigenvalue weighted by atomic mass is 10.0. The van der Waals surface area contributed by atoms with E-state index in [2.05, 4.69) is 39.1 Å². The average Bonchev–Trinajstić information content (AvgIpc) is 2.65. The van der Waals surface area contributed by atoms with Gasteiger partial charge in [-0.2, -0.15) is 0 Å². The monoisotopic (exact) mass is 374 g/mol. The minimum atomic E-state index is 0.282. The molecule has 118 valence electrons. The number of rotatable bonds is 5. The van der Waals surface area contributed by atoms with E-state index < -0.39 is 0 Å². The van der Waals surface area contributed by atoms with Gasteiger partial charge in [-0.3, -0.25) is 0 Å². The van der Waals surface area contributed by atoms with Crippen molar-refractivity contribution in [1.82, 2.24) is 10.2 Å². The van der Waals surface area contributed by atoms with Gasteiger partial charge < -0.3 is 15.0 Å². The summed E-state index contributed by atoms with van der Waals surface area (Å²) < 4.78 is 6.72. The molecule has 1 aromatic rings. The first kappa shape index (κ1) is 17.2. The quantitative estimate of drug-likeness (QED) is 0.845. The summed E-state index contributed by atoms with van der Waals surface area (Å²) in [6.07, 6.45) is 2.50. The van der Waals surface area contributed by atoms with Gasteiger partial charge >= 0.3 is 0 Å². The molecule has 1 aliphatic heterocycles. The molecule has 21 heavy (non-hydrogen) atoms. The molecule has 1 N–H and O–H groups in total. The summed E-state index contributed by atoms with van der Waals surface area (Å²) in [4.78, 5) is 2.49. The third-order valence-electron chi connectivity index (χ3n) is 3.96. The Bertz CT molecular complexity index is 458. The molecule has 3 nitrogen and oxygen atoms in total. The number of benzene rings is 1. The molecule has 0 amide bonds. The van der Waals surface area contributed by atoms with Gasteiger partial charge in [0.15, 0.2) is 0 Å². The molecule has 0 aliphatic carbocycles. The van der Waals surface area contributed by atoms with E-state index in [9.17, 15) is 0 Å². The summed E-state index contributed by atoms with van der Waals surface area (Å²) in [5.74, 6) is 0.